The van der Waals surface area contributed by atoms with Gasteiger partial charge in [0.25, 0.3) is 0 Å². The zero-order valence-electron chi connectivity index (χ0n) is 10.2. The number of hydrogen-bond donors (Lipinski definition) is 1. The van der Waals surface area contributed by atoms with E-state index in [-0.39, 0.29) is 0 Å². The Bertz CT molecular complexity index is 201. The molecular weight excluding hydrogens is 238 g/mol. The number of rotatable bonds is 4. The van der Waals surface area contributed by atoms with Crippen molar-refractivity contribution in [3.05, 3.63) is 0 Å². The molecule has 0 amide bonds. The quantitative estimate of drug-likeness (QED) is 0.838. The lowest BCUT2D eigenvalue weighted by atomic mass is 9.98. The van der Waals surface area contributed by atoms with Gasteiger partial charge in [-0.15, -0.1) is 0 Å². The van der Waals surface area contributed by atoms with E-state index in [0.717, 1.165) is 19.3 Å². The predicted octanol–water partition coefficient (Wildman–Crippen LogP) is 2.38. The topological polar surface area (TPSA) is 21.3 Å². The molecule has 0 spiro atoms. The van der Waals surface area contributed by atoms with E-state index in [9.17, 15) is 0 Å². The third kappa shape index (κ3) is 3.56. The van der Waals surface area contributed by atoms with Crippen LogP contribution in [0, 0.1) is 0 Å². The molecular formula is C12H23NOS2. The first-order valence-electron chi connectivity index (χ1n) is 6.29. The molecule has 94 valence electrons. The molecule has 4 heteroatoms. The standard InChI is InChI=1S/C12H23NOS2/c1-15-12(4-6-14-7-5-12)10-13-11-3-2-8-16-9-11/h11,13H,2-10H2,1H3. The molecule has 1 atom stereocenters. The Morgan fingerprint density at radius 3 is 2.88 bits per heavy atom. The molecule has 2 saturated heterocycles. The van der Waals surface area contributed by atoms with Crippen molar-refractivity contribution < 1.29 is 4.74 Å². The fraction of sp³-hybridized carbons (Fsp3) is 1.00. The van der Waals surface area contributed by atoms with Gasteiger partial charge in [-0.05, 0) is 37.7 Å². The molecule has 2 fully saturated rings. The van der Waals surface area contributed by atoms with E-state index in [4.69, 9.17) is 4.74 Å². The van der Waals surface area contributed by atoms with Gasteiger partial charge >= 0.3 is 0 Å². The normalized spacial score (nSPS) is 30.2. The van der Waals surface area contributed by atoms with E-state index in [2.05, 4.69) is 23.3 Å². The third-order valence-corrected chi connectivity index (χ3v) is 6.34. The second-order valence-electron chi connectivity index (χ2n) is 4.79. The van der Waals surface area contributed by atoms with Crippen molar-refractivity contribution in [2.75, 3.05) is 37.5 Å². The van der Waals surface area contributed by atoms with Gasteiger partial charge in [-0.2, -0.15) is 23.5 Å². The van der Waals surface area contributed by atoms with Gasteiger partial charge in [0, 0.05) is 36.3 Å². The smallest absolute Gasteiger partial charge is 0.0479 e. The molecule has 2 nitrogen and oxygen atoms in total. The van der Waals surface area contributed by atoms with E-state index in [1.807, 2.05) is 11.8 Å². The second kappa shape index (κ2) is 6.53. The average Bonchev–Trinajstić information content (AvgIpc) is 2.39. The molecule has 0 saturated carbocycles. The first-order chi connectivity index (χ1) is 7.85. The van der Waals surface area contributed by atoms with E-state index in [0.29, 0.717) is 4.75 Å². The van der Waals surface area contributed by atoms with Crippen molar-refractivity contribution in [3.63, 3.8) is 0 Å². The van der Waals surface area contributed by atoms with Crippen molar-refractivity contribution >= 4 is 23.5 Å². The van der Waals surface area contributed by atoms with Gasteiger partial charge in [-0.1, -0.05) is 0 Å². The Morgan fingerprint density at radius 2 is 2.25 bits per heavy atom. The summed E-state index contributed by atoms with van der Waals surface area (Å²) in [6.07, 6.45) is 7.43. The Balaban J connectivity index is 1.77. The largest absolute Gasteiger partial charge is 0.381 e. The van der Waals surface area contributed by atoms with Gasteiger partial charge in [-0.3, -0.25) is 0 Å². The summed E-state index contributed by atoms with van der Waals surface area (Å²) in [4.78, 5) is 0. The predicted molar refractivity (Wildman–Crippen MR) is 74.6 cm³/mol. The molecule has 2 heterocycles. The summed E-state index contributed by atoms with van der Waals surface area (Å²) in [5, 5.41) is 3.79. The van der Waals surface area contributed by atoms with Crippen LogP contribution in [-0.4, -0.2) is 48.3 Å². The molecule has 2 aliphatic rings. The minimum Gasteiger partial charge on any atom is -0.381 e. The van der Waals surface area contributed by atoms with Crippen molar-refractivity contribution in [1.29, 1.82) is 0 Å². The molecule has 0 aromatic carbocycles. The minimum absolute atomic E-state index is 0.445. The summed E-state index contributed by atoms with van der Waals surface area (Å²) in [5.74, 6) is 2.67. The zero-order chi connectivity index (χ0) is 11.3. The molecule has 1 N–H and O–H groups in total. The van der Waals surface area contributed by atoms with Gasteiger partial charge in [-0.25, -0.2) is 0 Å². The number of hydrogen-bond acceptors (Lipinski definition) is 4. The van der Waals surface area contributed by atoms with Crippen LogP contribution in [0.25, 0.3) is 0 Å². The summed E-state index contributed by atoms with van der Waals surface area (Å²) in [6.45, 7) is 3.06. The lowest BCUT2D eigenvalue weighted by Crippen LogP contribution is -2.46. The first-order valence-corrected chi connectivity index (χ1v) is 8.67. The lowest BCUT2D eigenvalue weighted by molar-refractivity contribution is 0.0766. The Labute approximate surface area is 108 Å². The molecule has 0 aliphatic carbocycles. The van der Waals surface area contributed by atoms with Crippen molar-refractivity contribution in [2.24, 2.45) is 0 Å². The Hall–Kier alpha value is 0.620. The maximum atomic E-state index is 5.47. The maximum Gasteiger partial charge on any atom is 0.0479 e. The van der Waals surface area contributed by atoms with Crippen LogP contribution in [0.15, 0.2) is 0 Å². The zero-order valence-corrected chi connectivity index (χ0v) is 11.8. The molecule has 0 bridgehead atoms. The number of nitrogens with one attached hydrogen (secondary N) is 1. The van der Waals surface area contributed by atoms with E-state index in [1.54, 1.807) is 0 Å². The van der Waals surface area contributed by atoms with Gasteiger partial charge in [0.1, 0.15) is 0 Å². The summed E-state index contributed by atoms with van der Waals surface area (Å²) >= 11 is 4.13. The highest BCUT2D eigenvalue weighted by atomic mass is 32.2. The molecule has 0 radical (unpaired) electrons. The van der Waals surface area contributed by atoms with Crippen LogP contribution in [0.4, 0.5) is 0 Å². The second-order valence-corrected chi connectivity index (χ2v) is 7.22. The summed E-state index contributed by atoms with van der Waals surface area (Å²) in [6, 6.07) is 0.755. The highest BCUT2D eigenvalue weighted by molar-refractivity contribution is 8.00. The Kier molecular flexibility index (Phi) is 5.33. The molecule has 2 aliphatic heterocycles. The summed E-state index contributed by atoms with van der Waals surface area (Å²) in [7, 11) is 0. The molecule has 0 aromatic rings. The van der Waals surface area contributed by atoms with Gasteiger partial charge in [0.05, 0.1) is 0 Å². The van der Waals surface area contributed by atoms with Crippen molar-refractivity contribution in [1.82, 2.24) is 5.32 Å². The van der Waals surface area contributed by atoms with Crippen molar-refractivity contribution in [3.8, 4) is 0 Å². The van der Waals surface area contributed by atoms with E-state index in [1.165, 1.54) is 43.7 Å². The third-order valence-electron chi connectivity index (χ3n) is 3.71. The van der Waals surface area contributed by atoms with Crippen LogP contribution < -0.4 is 5.32 Å². The SMILES string of the molecule is CSC1(CNC2CCCSC2)CCOCC1. The first kappa shape index (κ1) is 13.1. The van der Waals surface area contributed by atoms with Crippen molar-refractivity contribution in [2.45, 2.75) is 36.5 Å². The van der Waals surface area contributed by atoms with E-state index < -0.39 is 0 Å². The monoisotopic (exact) mass is 261 g/mol. The van der Waals surface area contributed by atoms with Crippen LogP contribution >= 0.6 is 23.5 Å². The van der Waals surface area contributed by atoms with Gasteiger partial charge < -0.3 is 10.1 Å². The van der Waals surface area contributed by atoms with Crippen LogP contribution in [0.2, 0.25) is 0 Å². The van der Waals surface area contributed by atoms with Crippen LogP contribution in [-0.2, 0) is 4.74 Å². The highest BCUT2D eigenvalue weighted by Gasteiger charge is 2.32. The van der Waals surface area contributed by atoms with Gasteiger partial charge in [0.15, 0.2) is 0 Å². The van der Waals surface area contributed by atoms with Crippen LogP contribution in [0.3, 0.4) is 0 Å². The fourth-order valence-corrected chi connectivity index (χ4v) is 4.34. The summed E-state index contributed by atoms with van der Waals surface area (Å²) in [5.41, 5.74) is 0. The molecule has 2 rings (SSSR count). The average molecular weight is 261 g/mol. The van der Waals surface area contributed by atoms with Gasteiger partial charge in [0.2, 0.25) is 0 Å². The molecule has 1 unspecified atom stereocenters. The molecule has 16 heavy (non-hydrogen) atoms. The maximum absolute atomic E-state index is 5.47. The molecule has 0 aromatic heterocycles. The highest BCUT2D eigenvalue weighted by Crippen LogP contribution is 2.33. The van der Waals surface area contributed by atoms with E-state index >= 15 is 0 Å². The van der Waals surface area contributed by atoms with Crippen LogP contribution in [0.1, 0.15) is 25.7 Å². The van der Waals surface area contributed by atoms with Crippen LogP contribution in [0.5, 0.6) is 0 Å². The Morgan fingerprint density at radius 1 is 1.44 bits per heavy atom. The minimum atomic E-state index is 0.445. The summed E-state index contributed by atoms with van der Waals surface area (Å²) < 4.78 is 5.92. The lowest BCUT2D eigenvalue weighted by Gasteiger charge is -2.37. The number of thioether (sulfide) groups is 2. The fourth-order valence-electron chi connectivity index (χ4n) is 2.43. The number of ether oxygens (including phenoxy) is 1.